The highest BCUT2D eigenvalue weighted by Crippen LogP contribution is 2.34. The van der Waals surface area contributed by atoms with E-state index in [0.717, 1.165) is 5.51 Å². The smallest absolute Gasteiger partial charge is 0.318 e. The van der Waals surface area contributed by atoms with Crippen LogP contribution >= 0.6 is 11.3 Å². The van der Waals surface area contributed by atoms with Crippen LogP contribution in [0.25, 0.3) is 0 Å². The number of anilines is 1. The molecule has 2 rings (SSSR count). The Balaban J connectivity index is 2.22. The molecule has 1 amide bonds. The van der Waals surface area contributed by atoms with Crippen molar-refractivity contribution in [3.8, 4) is 0 Å². The first-order valence-corrected chi connectivity index (χ1v) is 5.56. The zero-order valence-corrected chi connectivity index (χ0v) is 9.84. The molecule has 0 saturated heterocycles. The number of hydrogen-bond donors (Lipinski definition) is 1. The molecule has 2 aromatic rings. The third-order valence-corrected chi connectivity index (χ3v) is 2.87. The number of aryl methyl sites for hydroxylation is 1. The molecule has 0 aromatic carbocycles. The number of carbonyl (C=O) groups is 1. The third-order valence-electron chi connectivity index (χ3n) is 2.00. The SMILES string of the molecule is Cn1cc(NC(=O)c2ncsc2C(F)(F)F)cn1. The number of rotatable bonds is 2. The maximum Gasteiger partial charge on any atom is 0.427 e. The minimum absolute atomic E-state index is 0.309. The maximum atomic E-state index is 12.6. The van der Waals surface area contributed by atoms with E-state index in [2.05, 4.69) is 15.4 Å². The van der Waals surface area contributed by atoms with Gasteiger partial charge in [-0.1, -0.05) is 0 Å². The van der Waals surface area contributed by atoms with Crippen LogP contribution in [-0.2, 0) is 13.2 Å². The summed E-state index contributed by atoms with van der Waals surface area (Å²) in [6.45, 7) is 0. The van der Waals surface area contributed by atoms with Crippen LogP contribution in [0, 0.1) is 0 Å². The molecule has 5 nitrogen and oxygen atoms in total. The molecule has 0 bridgehead atoms. The number of hydrogen-bond acceptors (Lipinski definition) is 4. The Bertz CT molecular complexity index is 574. The molecule has 0 atom stereocenters. The predicted molar refractivity (Wildman–Crippen MR) is 58.3 cm³/mol. The van der Waals surface area contributed by atoms with E-state index in [1.54, 1.807) is 7.05 Å². The van der Waals surface area contributed by atoms with Crippen LogP contribution in [-0.4, -0.2) is 20.7 Å². The Morgan fingerprint density at radius 2 is 2.22 bits per heavy atom. The van der Waals surface area contributed by atoms with E-state index in [0.29, 0.717) is 17.0 Å². The number of aromatic nitrogens is 3. The molecule has 18 heavy (non-hydrogen) atoms. The van der Waals surface area contributed by atoms with Gasteiger partial charge in [-0.15, -0.1) is 11.3 Å². The van der Waals surface area contributed by atoms with E-state index < -0.39 is 22.7 Å². The molecule has 0 radical (unpaired) electrons. The number of carbonyl (C=O) groups excluding carboxylic acids is 1. The van der Waals surface area contributed by atoms with Crippen LogP contribution in [0.15, 0.2) is 17.9 Å². The van der Waals surface area contributed by atoms with E-state index in [1.165, 1.54) is 17.1 Å². The topological polar surface area (TPSA) is 59.8 Å². The van der Waals surface area contributed by atoms with Gasteiger partial charge in [-0.3, -0.25) is 9.48 Å². The fourth-order valence-electron chi connectivity index (χ4n) is 1.29. The highest BCUT2D eigenvalue weighted by Gasteiger charge is 2.38. The lowest BCUT2D eigenvalue weighted by Gasteiger charge is -2.05. The second-order valence-corrected chi connectivity index (χ2v) is 4.24. The van der Waals surface area contributed by atoms with Gasteiger partial charge in [0.1, 0.15) is 4.88 Å². The molecular weight excluding hydrogens is 269 g/mol. The zero-order chi connectivity index (χ0) is 13.3. The summed E-state index contributed by atoms with van der Waals surface area (Å²) in [6.07, 6.45) is -1.78. The second kappa shape index (κ2) is 4.41. The number of halogens is 3. The third kappa shape index (κ3) is 2.50. The number of alkyl halides is 3. The van der Waals surface area contributed by atoms with Gasteiger partial charge in [0, 0.05) is 13.2 Å². The molecule has 96 valence electrons. The van der Waals surface area contributed by atoms with Crippen molar-refractivity contribution in [1.82, 2.24) is 14.8 Å². The zero-order valence-electron chi connectivity index (χ0n) is 9.02. The average molecular weight is 276 g/mol. The first-order valence-electron chi connectivity index (χ1n) is 4.68. The molecule has 0 fully saturated rings. The van der Waals surface area contributed by atoms with Crippen LogP contribution < -0.4 is 5.32 Å². The lowest BCUT2D eigenvalue weighted by atomic mass is 10.3. The normalized spacial score (nSPS) is 11.6. The Hall–Kier alpha value is -1.90. The van der Waals surface area contributed by atoms with E-state index in [9.17, 15) is 18.0 Å². The molecule has 0 aliphatic carbocycles. The predicted octanol–water partition coefficient (Wildman–Crippen LogP) is 2.15. The van der Waals surface area contributed by atoms with Crippen molar-refractivity contribution in [1.29, 1.82) is 0 Å². The van der Waals surface area contributed by atoms with Crippen molar-refractivity contribution < 1.29 is 18.0 Å². The Morgan fingerprint density at radius 3 is 2.78 bits per heavy atom. The Labute approximate surface area is 103 Å². The molecule has 0 aliphatic rings. The molecule has 0 aliphatic heterocycles. The van der Waals surface area contributed by atoms with E-state index in [-0.39, 0.29) is 0 Å². The minimum atomic E-state index is -4.58. The highest BCUT2D eigenvalue weighted by atomic mass is 32.1. The van der Waals surface area contributed by atoms with E-state index in [4.69, 9.17) is 0 Å². The number of nitrogens with one attached hydrogen (secondary N) is 1. The minimum Gasteiger partial charge on any atom is -0.318 e. The summed E-state index contributed by atoms with van der Waals surface area (Å²) in [5.41, 5.74) is 0.668. The highest BCUT2D eigenvalue weighted by molar-refractivity contribution is 7.10. The standard InChI is InChI=1S/C9H7F3N4OS/c1-16-3-5(2-14-16)15-8(17)6-7(9(10,11)12)18-4-13-6/h2-4H,1H3,(H,15,17). The molecule has 2 heterocycles. The lowest BCUT2D eigenvalue weighted by Crippen LogP contribution is -2.17. The first kappa shape index (κ1) is 12.6. The van der Waals surface area contributed by atoms with Gasteiger partial charge in [0.25, 0.3) is 5.91 Å². The summed E-state index contributed by atoms with van der Waals surface area (Å²) >= 11 is 0.383. The van der Waals surface area contributed by atoms with Gasteiger partial charge >= 0.3 is 6.18 Å². The monoisotopic (exact) mass is 276 g/mol. The summed E-state index contributed by atoms with van der Waals surface area (Å²) in [5, 5.41) is 6.08. The molecule has 2 aromatic heterocycles. The van der Waals surface area contributed by atoms with Gasteiger partial charge in [-0.25, -0.2) is 4.98 Å². The quantitative estimate of drug-likeness (QED) is 0.914. The van der Waals surface area contributed by atoms with Crippen LogP contribution in [0.2, 0.25) is 0 Å². The van der Waals surface area contributed by atoms with Crippen LogP contribution in [0.5, 0.6) is 0 Å². The summed E-state index contributed by atoms with van der Waals surface area (Å²) in [7, 11) is 1.62. The van der Waals surface area contributed by atoms with Crippen molar-refractivity contribution in [3.05, 3.63) is 28.5 Å². The van der Waals surface area contributed by atoms with Crippen molar-refractivity contribution >= 4 is 22.9 Å². The second-order valence-electron chi connectivity index (χ2n) is 3.38. The average Bonchev–Trinajstić information content (AvgIpc) is 2.85. The fraction of sp³-hybridized carbons (Fsp3) is 0.222. The Morgan fingerprint density at radius 1 is 1.50 bits per heavy atom. The fourth-order valence-corrected chi connectivity index (χ4v) is 1.94. The van der Waals surface area contributed by atoms with Gasteiger partial charge in [0.15, 0.2) is 5.69 Å². The van der Waals surface area contributed by atoms with E-state index >= 15 is 0 Å². The van der Waals surface area contributed by atoms with Gasteiger partial charge in [0.05, 0.1) is 17.4 Å². The summed E-state index contributed by atoms with van der Waals surface area (Å²) < 4.78 is 39.1. The Kier molecular flexibility index (Phi) is 3.07. The summed E-state index contributed by atoms with van der Waals surface area (Å²) in [5.74, 6) is -0.906. The van der Waals surface area contributed by atoms with Gasteiger partial charge < -0.3 is 5.32 Å². The molecule has 0 spiro atoms. The van der Waals surface area contributed by atoms with Gasteiger partial charge in [-0.2, -0.15) is 18.3 Å². The van der Waals surface area contributed by atoms with Crippen LogP contribution in [0.1, 0.15) is 15.4 Å². The van der Waals surface area contributed by atoms with E-state index in [1.807, 2.05) is 0 Å². The molecule has 9 heteroatoms. The molecular formula is C9H7F3N4OS. The molecule has 0 unspecified atom stereocenters. The molecule has 1 N–H and O–H groups in total. The largest absolute Gasteiger partial charge is 0.427 e. The number of thiazole rings is 1. The van der Waals surface area contributed by atoms with Crippen LogP contribution in [0.4, 0.5) is 18.9 Å². The lowest BCUT2D eigenvalue weighted by molar-refractivity contribution is -0.134. The van der Waals surface area contributed by atoms with Crippen LogP contribution in [0.3, 0.4) is 0 Å². The van der Waals surface area contributed by atoms with Gasteiger partial charge in [0.2, 0.25) is 0 Å². The number of nitrogens with zero attached hydrogens (tertiary/aromatic N) is 3. The van der Waals surface area contributed by atoms with Crippen molar-refractivity contribution in [2.24, 2.45) is 7.05 Å². The summed E-state index contributed by atoms with van der Waals surface area (Å²) in [4.78, 5) is 14.1. The van der Waals surface area contributed by atoms with Crippen molar-refractivity contribution in [2.75, 3.05) is 5.32 Å². The first-order chi connectivity index (χ1) is 8.38. The number of amides is 1. The maximum absolute atomic E-state index is 12.6. The summed E-state index contributed by atoms with van der Waals surface area (Å²) in [6, 6.07) is 0. The molecule has 0 saturated carbocycles. The van der Waals surface area contributed by atoms with Crippen molar-refractivity contribution in [2.45, 2.75) is 6.18 Å². The van der Waals surface area contributed by atoms with Crippen molar-refractivity contribution in [3.63, 3.8) is 0 Å². The van der Waals surface area contributed by atoms with Gasteiger partial charge in [-0.05, 0) is 0 Å².